The fourth-order valence-electron chi connectivity index (χ4n) is 2.35. The Morgan fingerprint density at radius 3 is 2.68 bits per heavy atom. The molecule has 0 radical (unpaired) electrons. The second-order valence-electron chi connectivity index (χ2n) is 5.37. The van der Waals surface area contributed by atoms with Crippen molar-refractivity contribution in [2.75, 3.05) is 31.5 Å². The zero-order valence-electron chi connectivity index (χ0n) is 13.3. The Morgan fingerprint density at radius 2 is 2.00 bits per heavy atom. The number of anilines is 1. The summed E-state index contributed by atoms with van der Waals surface area (Å²) in [5.74, 6) is -0.373. The van der Waals surface area contributed by atoms with E-state index in [1.54, 1.807) is 24.3 Å². The zero-order chi connectivity index (χ0) is 16.2. The highest BCUT2D eigenvalue weighted by Gasteiger charge is 2.46. The van der Waals surface area contributed by atoms with Crippen LogP contribution in [-0.4, -0.2) is 48.5 Å². The van der Waals surface area contributed by atoms with E-state index in [1.165, 1.54) is 6.92 Å². The van der Waals surface area contributed by atoms with Crippen molar-refractivity contribution in [3.05, 3.63) is 24.3 Å². The molecular formula is C16H23N3O3. The van der Waals surface area contributed by atoms with Gasteiger partial charge in [-0.2, -0.15) is 0 Å². The second-order valence-corrected chi connectivity index (χ2v) is 5.37. The van der Waals surface area contributed by atoms with E-state index in [1.807, 2.05) is 0 Å². The molecule has 2 N–H and O–H groups in total. The summed E-state index contributed by atoms with van der Waals surface area (Å²) in [5.41, 5.74) is -0.960. The molecule has 1 aliphatic heterocycles. The number of likely N-dealkylation sites (N-methyl/N-ethyl adjacent to an activating group) is 1. The molecule has 1 atom stereocenters. The first kappa shape index (κ1) is 16.3. The summed E-state index contributed by atoms with van der Waals surface area (Å²) >= 11 is 0. The third-order valence-electron chi connectivity index (χ3n) is 3.92. The van der Waals surface area contributed by atoms with E-state index in [0.717, 1.165) is 19.6 Å². The Labute approximate surface area is 130 Å². The lowest BCUT2D eigenvalue weighted by Crippen LogP contribution is -2.59. The number of hydrogen-bond acceptors (Lipinski definition) is 4. The molecule has 0 saturated carbocycles. The highest BCUT2D eigenvalue weighted by atomic mass is 16.5. The van der Waals surface area contributed by atoms with Crippen LogP contribution in [0.3, 0.4) is 0 Å². The molecule has 0 fully saturated rings. The van der Waals surface area contributed by atoms with Crippen LogP contribution in [0.5, 0.6) is 5.75 Å². The maximum Gasteiger partial charge on any atom is 0.278 e. The van der Waals surface area contributed by atoms with Gasteiger partial charge in [0, 0.05) is 13.1 Å². The molecular weight excluding hydrogens is 282 g/mol. The van der Waals surface area contributed by atoms with Crippen LogP contribution in [0.2, 0.25) is 0 Å². The number of rotatable bonds is 6. The Hall–Kier alpha value is -2.08. The van der Waals surface area contributed by atoms with Crippen LogP contribution in [-0.2, 0) is 9.59 Å². The molecule has 1 unspecified atom stereocenters. The maximum atomic E-state index is 12.4. The van der Waals surface area contributed by atoms with Crippen LogP contribution in [0.25, 0.3) is 0 Å². The van der Waals surface area contributed by atoms with Crippen LogP contribution >= 0.6 is 0 Å². The number of amides is 2. The number of carbonyl (C=O) groups is 2. The van der Waals surface area contributed by atoms with Gasteiger partial charge in [-0.1, -0.05) is 26.0 Å². The fourth-order valence-corrected chi connectivity index (χ4v) is 2.35. The maximum absolute atomic E-state index is 12.4. The van der Waals surface area contributed by atoms with Crippen LogP contribution in [0.1, 0.15) is 20.8 Å². The number of para-hydroxylation sites is 2. The number of hydrogen-bond donors (Lipinski definition) is 2. The molecule has 1 aliphatic rings. The lowest BCUT2D eigenvalue weighted by molar-refractivity contribution is -0.146. The van der Waals surface area contributed by atoms with Gasteiger partial charge in [-0.05, 0) is 32.1 Å². The third kappa shape index (κ3) is 3.22. The number of fused-ring (bicyclic) bond motifs is 1. The van der Waals surface area contributed by atoms with Crippen molar-refractivity contribution in [3.63, 3.8) is 0 Å². The van der Waals surface area contributed by atoms with E-state index in [4.69, 9.17) is 4.74 Å². The van der Waals surface area contributed by atoms with Crippen molar-refractivity contribution in [3.8, 4) is 5.75 Å². The van der Waals surface area contributed by atoms with Crippen molar-refractivity contribution >= 4 is 17.5 Å². The number of nitrogens with one attached hydrogen (secondary N) is 2. The van der Waals surface area contributed by atoms with Gasteiger partial charge in [0.25, 0.3) is 17.4 Å². The van der Waals surface area contributed by atoms with Crippen molar-refractivity contribution < 1.29 is 14.3 Å². The second kappa shape index (κ2) is 6.79. The van der Waals surface area contributed by atoms with Crippen molar-refractivity contribution in [1.29, 1.82) is 0 Å². The summed E-state index contributed by atoms with van der Waals surface area (Å²) in [6, 6.07) is 7.07. The smallest absolute Gasteiger partial charge is 0.278 e. The van der Waals surface area contributed by atoms with Crippen LogP contribution in [0.15, 0.2) is 24.3 Å². The molecule has 1 aromatic carbocycles. The number of ether oxygens (including phenoxy) is 1. The molecule has 0 aromatic heterocycles. The molecule has 6 nitrogen and oxygen atoms in total. The summed E-state index contributed by atoms with van der Waals surface area (Å²) in [5, 5.41) is 5.50. The molecule has 120 valence electrons. The normalized spacial score (nSPS) is 20.1. The molecule has 0 bridgehead atoms. The molecule has 22 heavy (non-hydrogen) atoms. The molecule has 0 saturated heterocycles. The quantitative estimate of drug-likeness (QED) is 0.776. The Bertz CT molecular complexity index is 557. The van der Waals surface area contributed by atoms with E-state index < -0.39 is 17.4 Å². The monoisotopic (exact) mass is 305 g/mol. The van der Waals surface area contributed by atoms with E-state index in [9.17, 15) is 9.59 Å². The van der Waals surface area contributed by atoms with Crippen molar-refractivity contribution in [2.45, 2.75) is 26.4 Å². The Morgan fingerprint density at radius 1 is 1.32 bits per heavy atom. The summed E-state index contributed by atoms with van der Waals surface area (Å²) < 4.78 is 5.67. The third-order valence-corrected chi connectivity index (χ3v) is 3.92. The molecule has 6 heteroatoms. The van der Waals surface area contributed by atoms with E-state index in [0.29, 0.717) is 18.0 Å². The van der Waals surface area contributed by atoms with E-state index >= 15 is 0 Å². The topological polar surface area (TPSA) is 70.7 Å². The van der Waals surface area contributed by atoms with Crippen LogP contribution in [0.4, 0.5) is 5.69 Å². The summed E-state index contributed by atoms with van der Waals surface area (Å²) in [6.45, 7) is 8.71. The largest absolute Gasteiger partial charge is 0.466 e. The predicted molar refractivity (Wildman–Crippen MR) is 84.9 cm³/mol. The minimum Gasteiger partial charge on any atom is -0.466 e. The molecule has 1 aromatic rings. The Balaban J connectivity index is 2.01. The van der Waals surface area contributed by atoms with Crippen LogP contribution < -0.4 is 15.4 Å². The summed E-state index contributed by atoms with van der Waals surface area (Å²) in [4.78, 5) is 26.8. The first-order valence-electron chi connectivity index (χ1n) is 7.61. The molecule has 2 amide bonds. The van der Waals surface area contributed by atoms with E-state index in [-0.39, 0.29) is 0 Å². The van der Waals surface area contributed by atoms with Crippen molar-refractivity contribution in [2.24, 2.45) is 0 Å². The average Bonchev–Trinajstić information content (AvgIpc) is 2.52. The highest BCUT2D eigenvalue weighted by molar-refractivity contribution is 6.15. The highest BCUT2D eigenvalue weighted by Crippen LogP contribution is 2.33. The van der Waals surface area contributed by atoms with Gasteiger partial charge in [-0.25, -0.2) is 0 Å². The van der Waals surface area contributed by atoms with Gasteiger partial charge in [0.05, 0.1) is 5.69 Å². The molecule has 0 aliphatic carbocycles. The Kier molecular flexibility index (Phi) is 5.03. The van der Waals surface area contributed by atoms with Gasteiger partial charge in [0.15, 0.2) is 0 Å². The SMILES string of the molecule is CCN(CC)CCNC(=O)C1(C)Oc2ccccc2NC1=O. The number of nitrogens with zero attached hydrogens (tertiary/aromatic N) is 1. The lowest BCUT2D eigenvalue weighted by Gasteiger charge is -2.33. The number of benzene rings is 1. The van der Waals surface area contributed by atoms with Crippen LogP contribution in [0, 0.1) is 0 Å². The minimum absolute atomic E-state index is 0.424. The fraction of sp³-hybridized carbons (Fsp3) is 0.500. The molecule has 2 rings (SSSR count). The minimum atomic E-state index is -1.54. The molecule has 0 spiro atoms. The van der Waals surface area contributed by atoms with Gasteiger partial charge >= 0.3 is 0 Å². The number of carbonyl (C=O) groups excluding carboxylic acids is 2. The van der Waals surface area contributed by atoms with Gasteiger partial charge in [0.1, 0.15) is 5.75 Å². The lowest BCUT2D eigenvalue weighted by atomic mass is 10.0. The summed E-state index contributed by atoms with van der Waals surface area (Å²) in [7, 11) is 0. The van der Waals surface area contributed by atoms with Gasteiger partial charge in [-0.15, -0.1) is 0 Å². The molecule has 1 heterocycles. The first-order valence-corrected chi connectivity index (χ1v) is 7.61. The predicted octanol–water partition coefficient (Wildman–Crippen LogP) is 1.23. The van der Waals surface area contributed by atoms with E-state index in [2.05, 4.69) is 29.4 Å². The van der Waals surface area contributed by atoms with Crippen molar-refractivity contribution in [1.82, 2.24) is 10.2 Å². The summed E-state index contributed by atoms with van der Waals surface area (Å²) in [6.07, 6.45) is 0. The first-order chi connectivity index (χ1) is 10.5. The van der Waals surface area contributed by atoms with Gasteiger partial charge in [-0.3, -0.25) is 9.59 Å². The zero-order valence-corrected chi connectivity index (χ0v) is 13.3. The van der Waals surface area contributed by atoms with Gasteiger partial charge in [0.2, 0.25) is 0 Å². The standard InChI is InChI=1S/C16H23N3O3/c1-4-19(5-2)11-10-17-14(20)16(3)15(21)18-12-8-6-7-9-13(12)22-16/h6-9H,4-5,10-11H2,1-3H3,(H,17,20)(H,18,21). The van der Waals surface area contributed by atoms with Gasteiger partial charge < -0.3 is 20.3 Å². The average molecular weight is 305 g/mol.